The highest BCUT2D eigenvalue weighted by atomic mass is 15.1. The second-order valence-corrected chi connectivity index (χ2v) is 8.07. The molecule has 0 amide bonds. The van der Waals surface area contributed by atoms with Gasteiger partial charge in [-0.25, -0.2) is 9.97 Å². The van der Waals surface area contributed by atoms with E-state index in [1.165, 1.54) is 43.2 Å². The Morgan fingerprint density at radius 2 is 1.18 bits per heavy atom. The Bertz CT molecular complexity index is 937. The molecule has 0 unspecified atom stereocenters. The van der Waals surface area contributed by atoms with E-state index in [-0.39, 0.29) is 0 Å². The third-order valence-corrected chi connectivity index (χ3v) is 5.67. The van der Waals surface area contributed by atoms with Crippen molar-refractivity contribution >= 4 is 5.82 Å². The van der Waals surface area contributed by atoms with Crippen LogP contribution in [0.2, 0.25) is 0 Å². The summed E-state index contributed by atoms with van der Waals surface area (Å²) in [5, 5.41) is 3.68. The number of hydrogen-bond acceptors (Lipinski definition) is 3. The van der Waals surface area contributed by atoms with Crippen LogP contribution in [0.3, 0.4) is 0 Å². The molecule has 0 aliphatic heterocycles. The number of anilines is 1. The molecule has 2 aromatic carbocycles. The van der Waals surface area contributed by atoms with Gasteiger partial charge in [0.15, 0.2) is 0 Å². The molecule has 3 heteroatoms. The van der Waals surface area contributed by atoms with Gasteiger partial charge in [-0.05, 0) is 33.6 Å². The first-order chi connectivity index (χ1) is 13.6. The lowest BCUT2D eigenvalue weighted by Gasteiger charge is -2.24. The molecule has 1 aliphatic carbocycles. The van der Waals surface area contributed by atoms with Crippen molar-refractivity contribution in [1.29, 1.82) is 0 Å². The van der Waals surface area contributed by atoms with Gasteiger partial charge in [0.1, 0.15) is 5.82 Å². The van der Waals surface area contributed by atoms with Gasteiger partial charge >= 0.3 is 0 Å². The van der Waals surface area contributed by atoms with Crippen molar-refractivity contribution in [2.45, 2.75) is 58.9 Å². The molecule has 4 rings (SSSR count). The van der Waals surface area contributed by atoms with Crippen LogP contribution in [0.1, 0.15) is 48.9 Å². The van der Waals surface area contributed by atoms with E-state index in [0.29, 0.717) is 6.04 Å². The maximum atomic E-state index is 5.09. The Morgan fingerprint density at radius 1 is 0.679 bits per heavy atom. The van der Waals surface area contributed by atoms with Crippen molar-refractivity contribution in [3.05, 3.63) is 65.4 Å². The highest BCUT2D eigenvalue weighted by molar-refractivity contribution is 5.79. The van der Waals surface area contributed by atoms with Gasteiger partial charge < -0.3 is 5.32 Å². The SMILES string of the molecule is Cc1ccc(-c2nc(C)c(NC3CCCCC3)nc2-c2ccc(C)cc2)cc1. The zero-order chi connectivity index (χ0) is 19.5. The minimum Gasteiger partial charge on any atom is -0.366 e. The predicted octanol–water partition coefficient (Wildman–Crippen LogP) is 6.48. The predicted molar refractivity (Wildman–Crippen MR) is 118 cm³/mol. The number of nitrogens with one attached hydrogen (secondary N) is 1. The van der Waals surface area contributed by atoms with Crippen molar-refractivity contribution in [1.82, 2.24) is 9.97 Å². The van der Waals surface area contributed by atoms with E-state index in [0.717, 1.165) is 34.0 Å². The number of nitrogens with zero attached hydrogens (tertiary/aromatic N) is 2. The minimum atomic E-state index is 0.512. The van der Waals surface area contributed by atoms with Gasteiger partial charge in [0, 0.05) is 17.2 Å². The lowest BCUT2D eigenvalue weighted by Crippen LogP contribution is -2.23. The van der Waals surface area contributed by atoms with Crippen LogP contribution < -0.4 is 5.32 Å². The Balaban J connectivity index is 1.79. The van der Waals surface area contributed by atoms with Crippen LogP contribution in [0, 0.1) is 20.8 Å². The largest absolute Gasteiger partial charge is 0.366 e. The molecule has 1 fully saturated rings. The van der Waals surface area contributed by atoms with Crippen LogP contribution in [0.4, 0.5) is 5.82 Å². The molecular weight excluding hydrogens is 342 g/mol. The quantitative estimate of drug-likeness (QED) is 0.570. The maximum Gasteiger partial charge on any atom is 0.148 e. The first-order valence-electron chi connectivity index (χ1n) is 10.4. The highest BCUT2D eigenvalue weighted by Gasteiger charge is 2.18. The number of rotatable bonds is 4. The number of benzene rings is 2. The molecule has 3 aromatic rings. The fraction of sp³-hybridized carbons (Fsp3) is 0.360. The normalized spacial score (nSPS) is 14.8. The van der Waals surface area contributed by atoms with Gasteiger partial charge in [0.2, 0.25) is 0 Å². The molecule has 3 nitrogen and oxygen atoms in total. The van der Waals surface area contributed by atoms with E-state index in [1.807, 2.05) is 0 Å². The molecule has 0 radical (unpaired) electrons. The second-order valence-electron chi connectivity index (χ2n) is 8.07. The van der Waals surface area contributed by atoms with Gasteiger partial charge in [-0.3, -0.25) is 0 Å². The van der Waals surface area contributed by atoms with Crippen LogP contribution in [0.5, 0.6) is 0 Å². The lowest BCUT2D eigenvalue weighted by molar-refractivity contribution is 0.461. The highest BCUT2D eigenvalue weighted by Crippen LogP contribution is 2.32. The molecular formula is C25H29N3. The Hall–Kier alpha value is -2.68. The van der Waals surface area contributed by atoms with Gasteiger partial charge in [0.25, 0.3) is 0 Å². The summed E-state index contributed by atoms with van der Waals surface area (Å²) in [4.78, 5) is 10.1. The fourth-order valence-electron chi connectivity index (χ4n) is 3.92. The van der Waals surface area contributed by atoms with Gasteiger partial charge in [-0.1, -0.05) is 78.9 Å². The van der Waals surface area contributed by atoms with Gasteiger partial charge in [0.05, 0.1) is 17.1 Å². The van der Waals surface area contributed by atoms with Gasteiger partial charge in [-0.2, -0.15) is 0 Å². The van der Waals surface area contributed by atoms with Crippen LogP contribution in [0.15, 0.2) is 48.5 Å². The molecule has 0 spiro atoms. The van der Waals surface area contributed by atoms with E-state index in [4.69, 9.17) is 9.97 Å². The Morgan fingerprint density at radius 3 is 1.71 bits per heavy atom. The van der Waals surface area contributed by atoms with E-state index < -0.39 is 0 Å². The van der Waals surface area contributed by atoms with E-state index >= 15 is 0 Å². The summed E-state index contributed by atoms with van der Waals surface area (Å²) in [5.74, 6) is 0.929. The summed E-state index contributed by atoms with van der Waals surface area (Å²) >= 11 is 0. The van der Waals surface area contributed by atoms with Crippen molar-refractivity contribution in [3.63, 3.8) is 0 Å². The smallest absolute Gasteiger partial charge is 0.148 e. The zero-order valence-electron chi connectivity index (χ0n) is 17.1. The zero-order valence-corrected chi connectivity index (χ0v) is 17.1. The van der Waals surface area contributed by atoms with Crippen LogP contribution in [-0.4, -0.2) is 16.0 Å². The molecule has 1 heterocycles. The molecule has 0 bridgehead atoms. The van der Waals surface area contributed by atoms with E-state index in [9.17, 15) is 0 Å². The molecule has 1 N–H and O–H groups in total. The molecule has 1 aliphatic rings. The summed E-state index contributed by atoms with van der Waals surface area (Å²) < 4.78 is 0. The summed E-state index contributed by atoms with van der Waals surface area (Å²) in [6, 6.07) is 17.7. The van der Waals surface area contributed by atoms with Crippen molar-refractivity contribution in [3.8, 4) is 22.5 Å². The van der Waals surface area contributed by atoms with E-state index in [2.05, 4.69) is 74.6 Å². The molecule has 1 saturated carbocycles. The number of aromatic nitrogens is 2. The standard InChI is InChI=1S/C25H29N3/c1-17-9-13-20(14-10-17)23-24(21-15-11-18(2)12-16-21)28-25(19(3)26-23)27-22-7-5-4-6-8-22/h9-16,22H,4-8H2,1-3H3,(H,27,28). The Kier molecular flexibility index (Phi) is 5.43. The minimum absolute atomic E-state index is 0.512. The molecule has 0 atom stereocenters. The van der Waals surface area contributed by atoms with Crippen LogP contribution in [0.25, 0.3) is 22.5 Å². The molecule has 28 heavy (non-hydrogen) atoms. The summed E-state index contributed by atoms with van der Waals surface area (Å²) in [5.41, 5.74) is 7.60. The first-order valence-corrected chi connectivity index (χ1v) is 10.4. The number of aryl methyl sites for hydroxylation is 3. The van der Waals surface area contributed by atoms with Crippen molar-refractivity contribution < 1.29 is 0 Å². The van der Waals surface area contributed by atoms with Crippen molar-refractivity contribution in [2.75, 3.05) is 5.32 Å². The molecule has 144 valence electrons. The maximum absolute atomic E-state index is 5.09. The third kappa shape index (κ3) is 4.09. The second kappa shape index (κ2) is 8.14. The van der Waals surface area contributed by atoms with Crippen LogP contribution >= 0.6 is 0 Å². The fourth-order valence-corrected chi connectivity index (χ4v) is 3.92. The molecule has 1 aromatic heterocycles. The summed E-state index contributed by atoms with van der Waals surface area (Å²) in [6.45, 7) is 6.29. The average Bonchev–Trinajstić information content (AvgIpc) is 2.71. The lowest BCUT2D eigenvalue weighted by atomic mass is 9.95. The number of hydrogen-bond donors (Lipinski definition) is 1. The third-order valence-electron chi connectivity index (χ3n) is 5.67. The summed E-state index contributed by atoms with van der Waals surface area (Å²) in [7, 11) is 0. The van der Waals surface area contributed by atoms with Crippen LogP contribution in [-0.2, 0) is 0 Å². The molecule has 0 saturated heterocycles. The Labute approximate surface area is 168 Å². The van der Waals surface area contributed by atoms with Gasteiger partial charge in [-0.15, -0.1) is 0 Å². The van der Waals surface area contributed by atoms with Crippen molar-refractivity contribution in [2.24, 2.45) is 0 Å². The first kappa shape index (κ1) is 18.7. The summed E-state index contributed by atoms with van der Waals surface area (Å²) in [6.07, 6.45) is 6.40. The van der Waals surface area contributed by atoms with E-state index in [1.54, 1.807) is 0 Å². The topological polar surface area (TPSA) is 37.8 Å². The average molecular weight is 372 g/mol. The monoisotopic (exact) mass is 371 g/mol.